The van der Waals surface area contributed by atoms with Gasteiger partial charge < -0.3 is 15.2 Å². The van der Waals surface area contributed by atoms with E-state index in [1.807, 2.05) is 4.98 Å². The minimum Gasteiger partial charge on any atom is -0.388 e. The van der Waals surface area contributed by atoms with E-state index < -0.39 is 34.8 Å². The average Bonchev–Trinajstić information content (AvgIpc) is 2.15. The van der Waals surface area contributed by atoms with Gasteiger partial charge in [-0.3, -0.25) is 4.79 Å². The van der Waals surface area contributed by atoms with Crippen LogP contribution in [0, 0.1) is 10.1 Å². The number of hydrogen-bond donors (Lipinski definition) is 2. The van der Waals surface area contributed by atoms with E-state index in [2.05, 4.69) is 0 Å². The summed E-state index contributed by atoms with van der Waals surface area (Å²) < 4.78 is 24.6. The van der Waals surface area contributed by atoms with Gasteiger partial charge in [-0.05, 0) is 4.92 Å². The first-order valence-electron chi connectivity index (χ1n) is 3.77. The van der Waals surface area contributed by atoms with Crippen molar-refractivity contribution in [2.45, 2.75) is 13.0 Å². The molecule has 0 aliphatic heterocycles. The average molecular weight is 220 g/mol. The molecule has 1 heterocycles. The molecule has 82 valence electrons. The number of aromatic nitrogens is 1. The molecule has 0 bridgehead atoms. The lowest BCUT2D eigenvalue weighted by atomic mass is 10.2. The van der Waals surface area contributed by atoms with Crippen molar-refractivity contribution in [1.82, 2.24) is 4.98 Å². The van der Waals surface area contributed by atoms with Crippen LogP contribution >= 0.6 is 0 Å². The molecule has 0 aromatic carbocycles. The smallest absolute Gasteiger partial charge is 0.333 e. The van der Waals surface area contributed by atoms with Gasteiger partial charge in [0.25, 0.3) is 6.43 Å². The lowest BCUT2D eigenvalue weighted by Crippen LogP contribution is -2.15. The summed E-state index contributed by atoms with van der Waals surface area (Å²) in [6.45, 7) is -0.667. The number of pyridine rings is 1. The summed E-state index contributed by atoms with van der Waals surface area (Å²) in [4.78, 5) is 22.2. The zero-order valence-electron chi connectivity index (χ0n) is 7.24. The van der Waals surface area contributed by atoms with Crippen molar-refractivity contribution in [2.75, 3.05) is 0 Å². The molecule has 0 saturated heterocycles. The van der Waals surface area contributed by atoms with Crippen molar-refractivity contribution in [3.8, 4) is 0 Å². The SMILES string of the molecule is O=c1cc(CO)[nH]c([N+](=O)[O-])c1C(F)F. The van der Waals surface area contributed by atoms with Gasteiger partial charge in [0.1, 0.15) is 12.3 Å². The summed E-state index contributed by atoms with van der Waals surface area (Å²) in [7, 11) is 0. The quantitative estimate of drug-likeness (QED) is 0.579. The monoisotopic (exact) mass is 220 g/mol. The molecule has 0 radical (unpaired) electrons. The molecule has 2 N–H and O–H groups in total. The van der Waals surface area contributed by atoms with Crippen LogP contribution in [0.1, 0.15) is 17.7 Å². The van der Waals surface area contributed by atoms with Crippen LogP contribution in [0.3, 0.4) is 0 Å². The highest BCUT2D eigenvalue weighted by molar-refractivity contribution is 5.34. The van der Waals surface area contributed by atoms with Crippen molar-refractivity contribution < 1.29 is 18.8 Å². The van der Waals surface area contributed by atoms with Crippen LogP contribution in [0.2, 0.25) is 0 Å². The number of halogens is 2. The molecule has 15 heavy (non-hydrogen) atoms. The van der Waals surface area contributed by atoms with Gasteiger partial charge in [-0.2, -0.15) is 0 Å². The predicted octanol–water partition coefficient (Wildman–Crippen LogP) is 0.713. The van der Waals surface area contributed by atoms with E-state index in [1.165, 1.54) is 0 Å². The van der Waals surface area contributed by atoms with Gasteiger partial charge in [0.05, 0.1) is 0 Å². The second kappa shape index (κ2) is 4.13. The highest BCUT2D eigenvalue weighted by atomic mass is 19.3. The second-order valence-corrected chi connectivity index (χ2v) is 2.64. The summed E-state index contributed by atoms with van der Waals surface area (Å²) in [5.74, 6) is -1.08. The first kappa shape index (κ1) is 11.2. The Morgan fingerprint density at radius 1 is 1.60 bits per heavy atom. The van der Waals surface area contributed by atoms with Crippen molar-refractivity contribution in [3.63, 3.8) is 0 Å². The molecule has 1 rings (SSSR count). The standard InChI is InChI=1S/C7H6F2N2O4/c8-6(9)5-4(13)1-3(2-12)10-7(5)11(14)15/h1,6,12H,2H2,(H,10,13). The van der Waals surface area contributed by atoms with Crippen molar-refractivity contribution in [1.29, 1.82) is 0 Å². The number of alkyl halides is 2. The fourth-order valence-electron chi connectivity index (χ4n) is 1.05. The third-order valence-electron chi connectivity index (χ3n) is 1.68. The minimum absolute atomic E-state index is 0.184. The molecule has 0 saturated carbocycles. The predicted molar refractivity (Wildman–Crippen MR) is 44.6 cm³/mol. The maximum absolute atomic E-state index is 12.3. The number of nitrogens with zero attached hydrogens (tertiary/aromatic N) is 1. The van der Waals surface area contributed by atoms with Crippen molar-refractivity contribution in [3.05, 3.63) is 37.7 Å². The number of rotatable bonds is 3. The van der Waals surface area contributed by atoms with E-state index in [0.29, 0.717) is 6.07 Å². The van der Waals surface area contributed by atoms with E-state index in [9.17, 15) is 23.7 Å². The summed E-state index contributed by atoms with van der Waals surface area (Å²) >= 11 is 0. The van der Waals surface area contributed by atoms with E-state index in [0.717, 1.165) is 0 Å². The fourth-order valence-corrected chi connectivity index (χ4v) is 1.05. The zero-order valence-corrected chi connectivity index (χ0v) is 7.24. The minimum atomic E-state index is -3.23. The van der Waals surface area contributed by atoms with Crippen molar-refractivity contribution in [2.24, 2.45) is 0 Å². The molecule has 0 fully saturated rings. The third-order valence-corrected chi connectivity index (χ3v) is 1.68. The van der Waals surface area contributed by atoms with Crippen LogP contribution in [-0.2, 0) is 6.61 Å². The number of hydrogen-bond acceptors (Lipinski definition) is 4. The van der Waals surface area contributed by atoms with Gasteiger partial charge >= 0.3 is 5.82 Å². The van der Waals surface area contributed by atoms with Gasteiger partial charge in [0, 0.05) is 6.07 Å². The number of aliphatic hydroxyl groups is 1. The Morgan fingerprint density at radius 2 is 2.20 bits per heavy atom. The first-order valence-corrected chi connectivity index (χ1v) is 3.77. The number of aliphatic hydroxyl groups excluding tert-OH is 1. The molecule has 0 aliphatic carbocycles. The second-order valence-electron chi connectivity index (χ2n) is 2.64. The zero-order chi connectivity index (χ0) is 11.6. The van der Waals surface area contributed by atoms with Gasteiger partial charge in [0.2, 0.25) is 0 Å². The molecule has 0 aliphatic rings. The van der Waals surface area contributed by atoms with Crippen LogP contribution in [-0.4, -0.2) is 15.0 Å². The lowest BCUT2D eigenvalue weighted by molar-refractivity contribution is -0.391. The normalized spacial score (nSPS) is 10.7. The number of nitrogens with one attached hydrogen (secondary N) is 1. The number of aromatic amines is 1. The van der Waals surface area contributed by atoms with E-state index in [4.69, 9.17) is 5.11 Å². The van der Waals surface area contributed by atoms with E-state index in [-0.39, 0.29) is 5.69 Å². The Bertz CT molecular complexity index is 443. The molecule has 0 unspecified atom stereocenters. The highest BCUT2D eigenvalue weighted by Crippen LogP contribution is 2.23. The molecule has 0 atom stereocenters. The highest BCUT2D eigenvalue weighted by Gasteiger charge is 2.25. The molecule has 8 heteroatoms. The summed E-state index contributed by atoms with van der Waals surface area (Å²) in [6.07, 6.45) is -3.23. The van der Waals surface area contributed by atoms with Crippen LogP contribution in [0.5, 0.6) is 0 Å². The third kappa shape index (κ3) is 2.15. The Morgan fingerprint density at radius 3 is 2.60 bits per heavy atom. The largest absolute Gasteiger partial charge is 0.388 e. The van der Waals surface area contributed by atoms with E-state index in [1.54, 1.807) is 0 Å². The Kier molecular flexibility index (Phi) is 3.10. The molecule has 0 amide bonds. The summed E-state index contributed by atoms with van der Waals surface area (Å²) in [6, 6.07) is 0.703. The molecule has 0 spiro atoms. The van der Waals surface area contributed by atoms with E-state index >= 15 is 0 Å². The molecule has 6 nitrogen and oxygen atoms in total. The van der Waals surface area contributed by atoms with Gasteiger partial charge in [-0.1, -0.05) is 0 Å². The Balaban J connectivity index is 3.50. The lowest BCUT2D eigenvalue weighted by Gasteiger charge is -2.03. The van der Waals surface area contributed by atoms with Gasteiger partial charge in [-0.25, -0.2) is 13.8 Å². The summed E-state index contributed by atoms with van der Waals surface area (Å²) in [5, 5.41) is 19.0. The molecule has 1 aromatic heterocycles. The Labute approximate surface area is 81.3 Å². The fraction of sp³-hybridized carbons (Fsp3) is 0.286. The molecular formula is C7H6F2N2O4. The van der Waals surface area contributed by atoms with Crippen LogP contribution < -0.4 is 5.43 Å². The van der Waals surface area contributed by atoms with Crippen LogP contribution in [0.15, 0.2) is 10.9 Å². The maximum atomic E-state index is 12.3. The Hall–Kier alpha value is -1.83. The number of nitro groups is 1. The van der Waals surface area contributed by atoms with Gasteiger partial charge in [0.15, 0.2) is 11.0 Å². The summed E-state index contributed by atoms with van der Waals surface area (Å²) in [5.41, 5.74) is -2.55. The first-order chi connectivity index (χ1) is 6.97. The van der Waals surface area contributed by atoms with Crippen molar-refractivity contribution >= 4 is 5.82 Å². The molecule has 1 aromatic rings. The van der Waals surface area contributed by atoms with Gasteiger partial charge in [-0.15, -0.1) is 0 Å². The van der Waals surface area contributed by atoms with Crippen LogP contribution in [0.25, 0.3) is 0 Å². The van der Waals surface area contributed by atoms with Crippen LogP contribution in [0.4, 0.5) is 14.6 Å². The molecular weight excluding hydrogens is 214 g/mol. The number of H-pyrrole nitrogens is 1. The maximum Gasteiger partial charge on any atom is 0.333 e. The topological polar surface area (TPSA) is 96.2 Å².